The summed E-state index contributed by atoms with van der Waals surface area (Å²) in [6.45, 7) is 5.08. The number of carbonyl (C=O) groups is 1. The Morgan fingerprint density at radius 3 is 2.47 bits per heavy atom. The first-order valence-electron chi connectivity index (χ1n) is 5.37. The van der Waals surface area contributed by atoms with Gasteiger partial charge in [-0.15, -0.1) is 0 Å². The third kappa shape index (κ3) is 4.95. The molecule has 0 saturated carbocycles. The van der Waals surface area contributed by atoms with Gasteiger partial charge >= 0.3 is 6.09 Å². The number of halogens is 4. The summed E-state index contributed by atoms with van der Waals surface area (Å²) in [6.07, 6.45) is -3.42. The van der Waals surface area contributed by atoms with Crippen molar-refractivity contribution in [1.29, 1.82) is 0 Å². The molecule has 0 unspecified atom stereocenters. The van der Waals surface area contributed by atoms with Crippen molar-refractivity contribution in [2.75, 3.05) is 5.32 Å². The Labute approximate surface area is 123 Å². The number of ether oxygens (including phenoxy) is 1. The van der Waals surface area contributed by atoms with Gasteiger partial charge in [-0.3, -0.25) is 5.32 Å². The summed E-state index contributed by atoms with van der Waals surface area (Å²) in [6, 6.07) is 2.31. The third-order valence-electron chi connectivity index (χ3n) is 1.94. The summed E-state index contributed by atoms with van der Waals surface area (Å²) in [5.41, 5.74) is -0.864. The first-order valence-corrected chi connectivity index (χ1v) is 6.54. The topological polar surface area (TPSA) is 38.3 Å². The van der Waals surface area contributed by atoms with Gasteiger partial charge in [-0.25, -0.2) is 13.6 Å². The minimum Gasteiger partial charge on any atom is -0.444 e. The van der Waals surface area contributed by atoms with E-state index in [1.807, 2.05) is 0 Å². The second-order valence-corrected chi connectivity index (χ2v) is 6.02. The highest BCUT2D eigenvalue weighted by atomic mass is 79.9. The highest BCUT2D eigenvalue weighted by Gasteiger charge is 2.19. The lowest BCUT2D eigenvalue weighted by Crippen LogP contribution is -2.27. The van der Waals surface area contributed by atoms with E-state index in [4.69, 9.17) is 16.3 Å². The molecule has 1 amide bonds. The van der Waals surface area contributed by atoms with Gasteiger partial charge in [0, 0.05) is 10.0 Å². The van der Waals surface area contributed by atoms with Crippen LogP contribution in [-0.2, 0) is 4.74 Å². The summed E-state index contributed by atoms with van der Waals surface area (Å²) in [7, 11) is 0. The number of rotatable bonds is 2. The predicted molar refractivity (Wildman–Crippen MR) is 74.0 cm³/mol. The molecule has 1 aromatic carbocycles. The van der Waals surface area contributed by atoms with Crippen LogP contribution in [0.1, 0.15) is 32.8 Å². The normalized spacial score (nSPS) is 11.6. The molecule has 7 heteroatoms. The number of alkyl halides is 2. The van der Waals surface area contributed by atoms with E-state index in [9.17, 15) is 13.6 Å². The fraction of sp³-hybridized carbons (Fsp3) is 0.417. The molecule has 0 atom stereocenters. The molecule has 0 aromatic heterocycles. The first kappa shape index (κ1) is 16.2. The van der Waals surface area contributed by atoms with Crippen LogP contribution in [0.3, 0.4) is 0 Å². The first-order chi connectivity index (χ1) is 8.60. The van der Waals surface area contributed by atoms with Crippen LogP contribution in [0.2, 0.25) is 5.02 Å². The van der Waals surface area contributed by atoms with E-state index in [1.54, 1.807) is 20.8 Å². The van der Waals surface area contributed by atoms with Gasteiger partial charge in [0.25, 0.3) is 6.43 Å². The molecule has 19 heavy (non-hydrogen) atoms. The molecular weight excluding hydrogens is 343 g/mol. The Morgan fingerprint density at radius 1 is 1.42 bits per heavy atom. The Morgan fingerprint density at radius 2 is 2.00 bits per heavy atom. The van der Waals surface area contributed by atoms with Crippen LogP contribution in [0.4, 0.5) is 19.3 Å². The van der Waals surface area contributed by atoms with Gasteiger partial charge in [-0.2, -0.15) is 0 Å². The van der Waals surface area contributed by atoms with Crippen molar-refractivity contribution in [1.82, 2.24) is 0 Å². The highest BCUT2D eigenvalue weighted by Crippen LogP contribution is 2.35. The van der Waals surface area contributed by atoms with Crippen molar-refractivity contribution in [3.8, 4) is 0 Å². The van der Waals surface area contributed by atoms with Crippen LogP contribution >= 0.6 is 27.5 Å². The van der Waals surface area contributed by atoms with Crippen LogP contribution < -0.4 is 5.32 Å². The lowest BCUT2D eigenvalue weighted by Gasteiger charge is -2.20. The number of amides is 1. The molecule has 0 bridgehead atoms. The molecule has 0 fully saturated rings. The van der Waals surface area contributed by atoms with Gasteiger partial charge < -0.3 is 4.74 Å². The van der Waals surface area contributed by atoms with E-state index in [-0.39, 0.29) is 20.7 Å². The SMILES string of the molecule is CC(C)(C)OC(=O)Nc1cc(C(F)F)cc(Br)c1Cl. The molecule has 106 valence electrons. The third-order valence-corrected chi connectivity index (χ3v) is 3.20. The molecule has 0 aliphatic rings. The second-order valence-electron chi connectivity index (χ2n) is 4.79. The molecule has 1 aromatic rings. The number of carbonyl (C=O) groups excluding carboxylic acids is 1. The maximum absolute atomic E-state index is 12.7. The summed E-state index contributed by atoms with van der Waals surface area (Å²) in [4.78, 5) is 11.6. The van der Waals surface area contributed by atoms with Crippen LogP contribution in [0.25, 0.3) is 0 Å². The molecule has 1 N–H and O–H groups in total. The summed E-state index contributed by atoms with van der Waals surface area (Å²) >= 11 is 8.98. The molecule has 0 aliphatic carbocycles. The van der Waals surface area contributed by atoms with Gasteiger partial charge in [0.05, 0.1) is 10.7 Å². The summed E-state index contributed by atoms with van der Waals surface area (Å²) in [5, 5.41) is 2.48. The van der Waals surface area contributed by atoms with E-state index in [1.165, 1.54) is 6.07 Å². The van der Waals surface area contributed by atoms with Crippen molar-refractivity contribution in [2.24, 2.45) is 0 Å². The summed E-state index contributed by atoms with van der Waals surface area (Å²) in [5.74, 6) is 0. The maximum Gasteiger partial charge on any atom is 0.412 e. The number of anilines is 1. The number of nitrogens with one attached hydrogen (secondary N) is 1. The average molecular weight is 357 g/mol. The Balaban J connectivity index is 2.97. The van der Waals surface area contributed by atoms with Crippen molar-refractivity contribution in [2.45, 2.75) is 32.8 Å². The average Bonchev–Trinajstić information content (AvgIpc) is 2.21. The van der Waals surface area contributed by atoms with Crippen LogP contribution in [0.15, 0.2) is 16.6 Å². The zero-order valence-electron chi connectivity index (χ0n) is 10.6. The largest absolute Gasteiger partial charge is 0.444 e. The fourth-order valence-electron chi connectivity index (χ4n) is 1.24. The predicted octanol–water partition coefficient (Wildman–Crippen LogP) is 5.39. The zero-order valence-corrected chi connectivity index (χ0v) is 12.9. The van der Waals surface area contributed by atoms with Crippen molar-refractivity contribution in [3.05, 3.63) is 27.2 Å². The minimum atomic E-state index is -2.66. The van der Waals surface area contributed by atoms with Gasteiger partial charge in [-0.1, -0.05) is 11.6 Å². The molecule has 1 rings (SSSR count). The van der Waals surface area contributed by atoms with E-state index in [0.717, 1.165) is 6.07 Å². The van der Waals surface area contributed by atoms with Gasteiger partial charge in [0.15, 0.2) is 0 Å². The Hall–Kier alpha value is -0.880. The number of hydrogen-bond acceptors (Lipinski definition) is 2. The number of benzene rings is 1. The van der Waals surface area contributed by atoms with E-state index < -0.39 is 18.1 Å². The van der Waals surface area contributed by atoms with Crippen LogP contribution in [0, 0.1) is 0 Å². The highest BCUT2D eigenvalue weighted by molar-refractivity contribution is 9.10. The maximum atomic E-state index is 12.7. The van der Waals surface area contributed by atoms with Gasteiger partial charge in [0.1, 0.15) is 5.60 Å². The molecule has 0 spiro atoms. The van der Waals surface area contributed by atoms with Crippen LogP contribution in [-0.4, -0.2) is 11.7 Å². The monoisotopic (exact) mass is 355 g/mol. The quantitative estimate of drug-likeness (QED) is 0.772. The molecule has 0 radical (unpaired) electrons. The standard InChI is InChI=1S/C12H13BrClF2NO2/c1-12(2,3)19-11(18)17-8-5-6(10(15)16)4-7(13)9(8)14/h4-5,10H,1-3H3,(H,17,18). The Kier molecular flexibility index (Phi) is 5.15. The van der Waals surface area contributed by atoms with Gasteiger partial charge in [0.2, 0.25) is 0 Å². The molecule has 3 nitrogen and oxygen atoms in total. The fourth-order valence-corrected chi connectivity index (χ4v) is 1.87. The van der Waals surface area contributed by atoms with E-state index >= 15 is 0 Å². The van der Waals surface area contributed by atoms with E-state index in [0.29, 0.717) is 0 Å². The van der Waals surface area contributed by atoms with Crippen molar-refractivity contribution < 1.29 is 18.3 Å². The van der Waals surface area contributed by atoms with Crippen LogP contribution in [0.5, 0.6) is 0 Å². The lowest BCUT2D eigenvalue weighted by atomic mass is 10.2. The second kappa shape index (κ2) is 6.05. The van der Waals surface area contributed by atoms with Crippen molar-refractivity contribution >= 4 is 39.3 Å². The lowest BCUT2D eigenvalue weighted by molar-refractivity contribution is 0.0635. The summed E-state index contributed by atoms with van der Waals surface area (Å²) < 4.78 is 30.6. The molecule has 0 saturated heterocycles. The van der Waals surface area contributed by atoms with E-state index in [2.05, 4.69) is 21.2 Å². The van der Waals surface area contributed by atoms with Gasteiger partial charge in [-0.05, 0) is 48.8 Å². The zero-order chi connectivity index (χ0) is 14.8. The van der Waals surface area contributed by atoms with Crippen molar-refractivity contribution in [3.63, 3.8) is 0 Å². The molecular formula is C12H13BrClF2NO2. The Bertz CT molecular complexity index is 489. The minimum absolute atomic E-state index is 0.0700. The number of hydrogen-bond donors (Lipinski definition) is 1. The molecule has 0 heterocycles. The smallest absolute Gasteiger partial charge is 0.412 e. The molecule has 0 aliphatic heterocycles.